The summed E-state index contributed by atoms with van der Waals surface area (Å²) in [7, 11) is -3.96. The number of thioether (sulfide) groups is 1. The molecule has 0 unspecified atom stereocenters. The quantitative estimate of drug-likeness (QED) is 0.267. The lowest BCUT2D eigenvalue weighted by Crippen LogP contribution is -2.41. The largest absolute Gasteiger partial charge is 0.494 e. The van der Waals surface area contributed by atoms with Crippen molar-refractivity contribution in [3.8, 4) is 5.75 Å². The number of ether oxygens (including phenoxy) is 1. The maximum atomic E-state index is 13.5. The van der Waals surface area contributed by atoms with E-state index in [-0.39, 0.29) is 17.3 Å². The number of sulfonamides is 1. The predicted octanol–water partition coefficient (Wildman–Crippen LogP) is 5.20. The molecule has 0 aliphatic carbocycles. The first-order chi connectivity index (χ1) is 16.8. The molecule has 3 aromatic rings. The summed E-state index contributed by atoms with van der Waals surface area (Å²) in [5, 5.41) is 2.86. The summed E-state index contributed by atoms with van der Waals surface area (Å²) >= 11 is 1.73. The van der Waals surface area contributed by atoms with E-state index < -0.39 is 10.0 Å². The molecule has 0 aliphatic heterocycles. The maximum absolute atomic E-state index is 13.5. The van der Waals surface area contributed by atoms with Gasteiger partial charge in [-0.3, -0.25) is 9.10 Å². The summed E-state index contributed by atoms with van der Waals surface area (Å²) in [6, 6.07) is 21.7. The first kappa shape index (κ1) is 26.6. The van der Waals surface area contributed by atoms with Crippen molar-refractivity contribution < 1.29 is 17.9 Å². The Morgan fingerprint density at radius 2 is 1.51 bits per heavy atom. The average Bonchev–Trinajstić information content (AvgIpc) is 2.85. The van der Waals surface area contributed by atoms with Crippen molar-refractivity contribution in [1.29, 1.82) is 0 Å². The zero-order valence-corrected chi connectivity index (χ0v) is 22.0. The van der Waals surface area contributed by atoms with Crippen molar-refractivity contribution in [3.63, 3.8) is 0 Å². The predicted molar refractivity (Wildman–Crippen MR) is 143 cm³/mol. The fourth-order valence-corrected chi connectivity index (χ4v) is 5.61. The number of hydrogen-bond donors (Lipinski definition) is 1. The second-order valence-electron chi connectivity index (χ2n) is 8.12. The number of anilines is 1. The van der Waals surface area contributed by atoms with E-state index >= 15 is 0 Å². The molecule has 0 fully saturated rings. The molecule has 3 rings (SSSR count). The highest BCUT2D eigenvalue weighted by Gasteiger charge is 2.27. The molecule has 0 saturated carbocycles. The van der Waals surface area contributed by atoms with Crippen molar-refractivity contribution in [2.24, 2.45) is 0 Å². The summed E-state index contributed by atoms with van der Waals surface area (Å²) in [5.74, 6) is 1.10. The molecular formula is C27H32N2O4S2. The molecule has 3 aromatic carbocycles. The third kappa shape index (κ3) is 7.77. The summed E-state index contributed by atoms with van der Waals surface area (Å²) in [6.07, 6.45) is 0.778. The molecule has 0 aliphatic rings. The van der Waals surface area contributed by atoms with Crippen LogP contribution in [0.5, 0.6) is 5.75 Å². The third-order valence-corrected chi connectivity index (χ3v) is 8.15. The van der Waals surface area contributed by atoms with E-state index in [0.29, 0.717) is 24.6 Å². The number of carbonyl (C=O) groups excluding carboxylic acids is 1. The number of hydrogen-bond acceptors (Lipinski definition) is 5. The lowest BCUT2D eigenvalue weighted by atomic mass is 10.2. The number of aryl methyl sites for hydroxylation is 2. The highest BCUT2D eigenvalue weighted by atomic mass is 32.2. The van der Waals surface area contributed by atoms with Gasteiger partial charge in [0, 0.05) is 11.4 Å². The molecule has 0 atom stereocenters. The van der Waals surface area contributed by atoms with Crippen molar-refractivity contribution in [3.05, 3.63) is 83.9 Å². The van der Waals surface area contributed by atoms with Gasteiger partial charge in [0.25, 0.3) is 10.0 Å². The normalized spacial score (nSPS) is 11.2. The van der Waals surface area contributed by atoms with Gasteiger partial charge in [-0.15, -0.1) is 11.8 Å². The van der Waals surface area contributed by atoms with E-state index in [1.54, 1.807) is 36.0 Å². The Labute approximate surface area is 212 Å². The second kappa shape index (κ2) is 12.7. The first-order valence-corrected chi connectivity index (χ1v) is 14.0. The zero-order valence-electron chi connectivity index (χ0n) is 20.4. The summed E-state index contributed by atoms with van der Waals surface area (Å²) in [4.78, 5) is 14.0. The first-order valence-electron chi connectivity index (χ1n) is 11.6. The van der Waals surface area contributed by atoms with Gasteiger partial charge in [-0.2, -0.15) is 0 Å². The van der Waals surface area contributed by atoms with Gasteiger partial charge in [0.2, 0.25) is 5.91 Å². The Morgan fingerprint density at radius 3 is 2.11 bits per heavy atom. The van der Waals surface area contributed by atoms with Gasteiger partial charge in [-0.05, 0) is 81.5 Å². The number of carbonyl (C=O) groups is 1. The molecule has 8 heteroatoms. The Bertz CT molecular complexity index is 1190. The molecule has 0 radical (unpaired) electrons. The van der Waals surface area contributed by atoms with Gasteiger partial charge in [0.15, 0.2) is 0 Å². The van der Waals surface area contributed by atoms with Gasteiger partial charge in [0.05, 0.1) is 17.2 Å². The Hall–Kier alpha value is -2.97. The van der Waals surface area contributed by atoms with Gasteiger partial charge in [0.1, 0.15) is 12.3 Å². The van der Waals surface area contributed by atoms with Gasteiger partial charge >= 0.3 is 0 Å². The van der Waals surface area contributed by atoms with Gasteiger partial charge < -0.3 is 10.1 Å². The Balaban J connectivity index is 1.64. The second-order valence-corrected chi connectivity index (χ2v) is 11.1. The molecule has 186 valence electrons. The molecule has 1 N–H and O–H groups in total. The van der Waals surface area contributed by atoms with Gasteiger partial charge in [-0.25, -0.2) is 8.42 Å². The number of nitrogens with zero attached hydrogens (tertiary/aromatic N) is 1. The van der Waals surface area contributed by atoms with Crippen LogP contribution in [0.15, 0.2) is 82.6 Å². The molecule has 0 aromatic heterocycles. The van der Waals surface area contributed by atoms with Crippen LogP contribution in [0.3, 0.4) is 0 Å². The van der Waals surface area contributed by atoms with E-state index in [1.165, 1.54) is 22.6 Å². The minimum Gasteiger partial charge on any atom is -0.494 e. The van der Waals surface area contributed by atoms with Crippen molar-refractivity contribution in [2.45, 2.75) is 37.0 Å². The van der Waals surface area contributed by atoms with Crippen LogP contribution in [0.4, 0.5) is 5.69 Å². The molecule has 1 amide bonds. The smallest absolute Gasteiger partial charge is 0.264 e. The molecule has 0 bridgehead atoms. The van der Waals surface area contributed by atoms with Crippen LogP contribution >= 0.6 is 11.8 Å². The van der Waals surface area contributed by atoms with Crippen LogP contribution in [0.25, 0.3) is 0 Å². The number of benzene rings is 3. The van der Waals surface area contributed by atoms with Crippen LogP contribution in [0.1, 0.15) is 24.5 Å². The van der Waals surface area contributed by atoms with E-state index in [4.69, 9.17) is 4.74 Å². The number of rotatable bonds is 12. The van der Waals surface area contributed by atoms with Gasteiger partial charge in [-0.1, -0.05) is 35.4 Å². The molecule has 35 heavy (non-hydrogen) atoms. The summed E-state index contributed by atoms with van der Waals surface area (Å²) in [6.45, 7) is 6.51. The standard InChI is InChI=1S/C27H32N2O4S2/c1-4-33-24-12-16-26(17-13-24)35(31,32)29(23-10-6-21(2)7-11-23)20-27(30)28-18-5-19-34-25-14-8-22(3)9-15-25/h6-17H,4-5,18-20H2,1-3H3,(H,28,30). The van der Waals surface area contributed by atoms with E-state index in [0.717, 1.165) is 22.0 Å². The van der Waals surface area contributed by atoms with E-state index in [9.17, 15) is 13.2 Å². The topological polar surface area (TPSA) is 75.7 Å². The SMILES string of the molecule is CCOc1ccc(S(=O)(=O)N(CC(=O)NCCCSc2ccc(C)cc2)c2ccc(C)cc2)cc1. The molecule has 0 spiro atoms. The van der Waals surface area contributed by atoms with E-state index in [2.05, 4.69) is 36.5 Å². The minimum atomic E-state index is -3.96. The fourth-order valence-electron chi connectivity index (χ4n) is 3.34. The third-order valence-electron chi connectivity index (χ3n) is 5.26. The summed E-state index contributed by atoms with van der Waals surface area (Å²) in [5.41, 5.74) is 2.66. The molecule has 6 nitrogen and oxygen atoms in total. The minimum absolute atomic E-state index is 0.101. The molecular weight excluding hydrogens is 480 g/mol. The lowest BCUT2D eigenvalue weighted by Gasteiger charge is -2.24. The highest BCUT2D eigenvalue weighted by molar-refractivity contribution is 7.99. The zero-order chi connectivity index (χ0) is 25.3. The average molecular weight is 513 g/mol. The number of amides is 1. The van der Waals surface area contributed by atoms with Crippen molar-refractivity contribution in [1.82, 2.24) is 5.32 Å². The molecule has 0 saturated heterocycles. The van der Waals surface area contributed by atoms with Crippen LogP contribution in [0.2, 0.25) is 0 Å². The molecule has 0 heterocycles. The van der Waals surface area contributed by atoms with Crippen molar-refractivity contribution >= 4 is 33.4 Å². The highest BCUT2D eigenvalue weighted by Crippen LogP contribution is 2.25. The number of nitrogens with one attached hydrogen (secondary N) is 1. The monoisotopic (exact) mass is 512 g/mol. The van der Waals surface area contributed by atoms with Crippen molar-refractivity contribution in [2.75, 3.05) is 29.8 Å². The van der Waals surface area contributed by atoms with Crippen LogP contribution < -0.4 is 14.4 Å². The fraction of sp³-hybridized carbons (Fsp3) is 0.296. The Morgan fingerprint density at radius 1 is 0.914 bits per heavy atom. The van der Waals surface area contributed by atoms with Crippen LogP contribution in [-0.2, 0) is 14.8 Å². The van der Waals surface area contributed by atoms with Crippen LogP contribution in [0, 0.1) is 13.8 Å². The maximum Gasteiger partial charge on any atom is 0.264 e. The lowest BCUT2D eigenvalue weighted by molar-refractivity contribution is -0.119. The van der Waals surface area contributed by atoms with Crippen LogP contribution in [-0.4, -0.2) is 39.8 Å². The summed E-state index contributed by atoms with van der Waals surface area (Å²) < 4.78 is 33.5. The Kier molecular flexibility index (Phi) is 9.63. The van der Waals surface area contributed by atoms with E-state index in [1.807, 2.05) is 26.0 Å².